The molecule has 4 rings (SSSR count). The highest BCUT2D eigenvalue weighted by atomic mass is 32.2. The third kappa shape index (κ3) is 5.03. The Balaban J connectivity index is 1.57. The maximum Gasteiger partial charge on any atom is 0.262 e. The molecular weight excluding hydrogens is 448 g/mol. The summed E-state index contributed by atoms with van der Waals surface area (Å²) in [7, 11) is -3.86. The average molecular weight is 473 g/mol. The Kier molecular flexibility index (Phi) is 6.63. The van der Waals surface area contributed by atoms with Crippen molar-refractivity contribution >= 4 is 44.3 Å². The van der Waals surface area contributed by atoms with Crippen molar-refractivity contribution in [3.8, 4) is 0 Å². The number of carbonyl (C=O) groups is 1. The number of anilines is 1. The molecule has 0 spiro atoms. The van der Waals surface area contributed by atoms with E-state index in [2.05, 4.69) is 10.3 Å². The van der Waals surface area contributed by atoms with Crippen LogP contribution in [0.25, 0.3) is 10.9 Å². The number of nitrogens with two attached hydrogens (primary N) is 1. The van der Waals surface area contributed by atoms with Gasteiger partial charge in [-0.1, -0.05) is 49.2 Å². The van der Waals surface area contributed by atoms with Crippen molar-refractivity contribution in [2.75, 3.05) is 11.1 Å². The second-order valence-electron chi connectivity index (χ2n) is 7.79. The van der Waals surface area contributed by atoms with E-state index in [1.807, 2.05) is 12.1 Å². The number of para-hydroxylation sites is 1. The summed E-state index contributed by atoms with van der Waals surface area (Å²) in [6, 6.07) is 13.1. The quantitative estimate of drug-likeness (QED) is 0.419. The summed E-state index contributed by atoms with van der Waals surface area (Å²) < 4.78 is 24.8. The number of sulfonamides is 1. The molecule has 0 radical (unpaired) electrons. The molecule has 2 aromatic carbocycles. The number of aromatic nitrogens is 2. The maximum absolute atomic E-state index is 13.3. The Hall–Kier alpha value is -2.69. The zero-order valence-corrected chi connectivity index (χ0v) is 19.0. The van der Waals surface area contributed by atoms with Crippen LogP contribution in [-0.2, 0) is 14.8 Å². The van der Waals surface area contributed by atoms with Crippen LogP contribution < -0.4 is 16.0 Å². The third-order valence-corrected chi connectivity index (χ3v) is 7.36. The molecule has 1 aliphatic carbocycles. The van der Waals surface area contributed by atoms with Gasteiger partial charge in [-0.2, -0.15) is 0 Å². The van der Waals surface area contributed by atoms with Gasteiger partial charge in [0.1, 0.15) is 0 Å². The normalized spacial score (nSPS) is 15.0. The largest absolute Gasteiger partial charge is 0.325 e. The van der Waals surface area contributed by atoms with E-state index in [-0.39, 0.29) is 28.2 Å². The van der Waals surface area contributed by atoms with Crippen molar-refractivity contribution in [3.05, 3.63) is 58.9 Å². The Bertz CT molecular complexity index is 1320. The molecule has 32 heavy (non-hydrogen) atoms. The summed E-state index contributed by atoms with van der Waals surface area (Å²) in [5.74, 6) is -0.309. The van der Waals surface area contributed by atoms with Gasteiger partial charge < -0.3 is 5.32 Å². The van der Waals surface area contributed by atoms with Gasteiger partial charge in [-0.25, -0.2) is 18.5 Å². The van der Waals surface area contributed by atoms with Gasteiger partial charge in [0, 0.05) is 11.7 Å². The molecule has 1 fully saturated rings. The van der Waals surface area contributed by atoms with Gasteiger partial charge in [0.2, 0.25) is 15.9 Å². The second-order valence-corrected chi connectivity index (χ2v) is 10.3. The van der Waals surface area contributed by atoms with Crippen molar-refractivity contribution in [1.82, 2.24) is 9.55 Å². The van der Waals surface area contributed by atoms with E-state index in [9.17, 15) is 18.0 Å². The fourth-order valence-electron chi connectivity index (χ4n) is 3.97. The standard InChI is InChI=1S/C22H24N4O4S2/c23-32(29,30)17-10-6-7-15(13-17)24-20(27)14-31-22-25-19-12-5-4-11-18(19)21(28)26(22)16-8-2-1-3-9-16/h4-7,10-13,16H,1-3,8-9,14H2,(H,24,27)(H2,23,29,30). The minimum absolute atomic E-state index is 0.0249. The number of rotatable bonds is 6. The first kappa shape index (κ1) is 22.5. The zero-order chi connectivity index (χ0) is 22.7. The summed E-state index contributed by atoms with van der Waals surface area (Å²) in [4.78, 5) is 30.4. The summed E-state index contributed by atoms with van der Waals surface area (Å²) in [5, 5.41) is 8.93. The molecule has 10 heteroatoms. The van der Waals surface area contributed by atoms with E-state index in [4.69, 9.17) is 5.14 Å². The number of hydrogen-bond donors (Lipinski definition) is 2. The summed E-state index contributed by atoms with van der Waals surface area (Å²) in [6.07, 6.45) is 5.12. The van der Waals surface area contributed by atoms with Crippen LogP contribution in [0.4, 0.5) is 5.69 Å². The molecule has 3 aromatic rings. The lowest BCUT2D eigenvalue weighted by Gasteiger charge is -2.26. The number of carbonyl (C=O) groups excluding carboxylic acids is 1. The Morgan fingerprint density at radius 2 is 1.88 bits per heavy atom. The van der Waals surface area contributed by atoms with Crippen molar-refractivity contribution in [3.63, 3.8) is 0 Å². The third-order valence-electron chi connectivity index (χ3n) is 5.49. The molecule has 0 atom stereocenters. The van der Waals surface area contributed by atoms with E-state index >= 15 is 0 Å². The number of amides is 1. The predicted molar refractivity (Wildman–Crippen MR) is 125 cm³/mol. The Morgan fingerprint density at radius 1 is 1.12 bits per heavy atom. The topological polar surface area (TPSA) is 124 Å². The average Bonchev–Trinajstić information content (AvgIpc) is 2.78. The monoisotopic (exact) mass is 472 g/mol. The molecule has 0 bridgehead atoms. The molecule has 1 aliphatic rings. The number of benzene rings is 2. The lowest BCUT2D eigenvalue weighted by atomic mass is 9.95. The smallest absolute Gasteiger partial charge is 0.262 e. The number of fused-ring (bicyclic) bond motifs is 1. The molecule has 0 saturated heterocycles. The minimum Gasteiger partial charge on any atom is -0.325 e. The second kappa shape index (κ2) is 9.43. The highest BCUT2D eigenvalue weighted by molar-refractivity contribution is 7.99. The molecule has 1 amide bonds. The van der Waals surface area contributed by atoms with Crippen molar-refractivity contribution in [1.29, 1.82) is 0 Å². The van der Waals surface area contributed by atoms with E-state index in [1.54, 1.807) is 22.8 Å². The zero-order valence-electron chi connectivity index (χ0n) is 17.4. The number of nitrogens with one attached hydrogen (secondary N) is 1. The van der Waals surface area contributed by atoms with Crippen molar-refractivity contribution in [2.45, 2.75) is 48.2 Å². The molecule has 1 aromatic heterocycles. The van der Waals surface area contributed by atoms with E-state index in [0.29, 0.717) is 21.7 Å². The lowest BCUT2D eigenvalue weighted by Crippen LogP contribution is -2.29. The van der Waals surface area contributed by atoms with Crippen LogP contribution in [0.2, 0.25) is 0 Å². The van der Waals surface area contributed by atoms with Crippen LogP contribution in [-0.4, -0.2) is 29.6 Å². The van der Waals surface area contributed by atoms with Crippen LogP contribution in [0.1, 0.15) is 38.1 Å². The molecule has 0 aliphatic heterocycles. The molecule has 168 valence electrons. The SMILES string of the molecule is NS(=O)(=O)c1cccc(NC(=O)CSc2nc3ccccc3c(=O)n2C2CCCCC2)c1. The molecule has 1 saturated carbocycles. The summed E-state index contributed by atoms with van der Waals surface area (Å²) >= 11 is 1.20. The fourth-order valence-corrected chi connectivity index (χ4v) is 5.39. The minimum atomic E-state index is -3.86. The lowest BCUT2D eigenvalue weighted by molar-refractivity contribution is -0.113. The first-order valence-corrected chi connectivity index (χ1v) is 12.9. The highest BCUT2D eigenvalue weighted by Gasteiger charge is 2.22. The number of hydrogen-bond acceptors (Lipinski definition) is 6. The summed E-state index contributed by atoms with van der Waals surface area (Å²) in [6.45, 7) is 0. The van der Waals surface area contributed by atoms with Crippen LogP contribution in [0.15, 0.2) is 63.4 Å². The van der Waals surface area contributed by atoms with E-state index < -0.39 is 10.0 Å². The number of nitrogens with zero attached hydrogens (tertiary/aromatic N) is 2. The van der Waals surface area contributed by atoms with Crippen LogP contribution >= 0.6 is 11.8 Å². The summed E-state index contributed by atoms with van der Waals surface area (Å²) in [5.41, 5.74) is 0.859. The van der Waals surface area contributed by atoms with Gasteiger partial charge in [-0.15, -0.1) is 0 Å². The van der Waals surface area contributed by atoms with Gasteiger partial charge in [-0.05, 0) is 43.2 Å². The van der Waals surface area contributed by atoms with Crippen molar-refractivity contribution in [2.24, 2.45) is 5.14 Å². The van der Waals surface area contributed by atoms with Gasteiger partial charge in [-0.3, -0.25) is 14.2 Å². The van der Waals surface area contributed by atoms with Gasteiger partial charge in [0.25, 0.3) is 5.56 Å². The van der Waals surface area contributed by atoms with Gasteiger partial charge in [0.05, 0.1) is 21.6 Å². The molecule has 0 unspecified atom stereocenters. The van der Waals surface area contributed by atoms with Crippen molar-refractivity contribution < 1.29 is 13.2 Å². The molecule has 8 nitrogen and oxygen atoms in total. The van der Waals surface area contributed by atoms with Gasteiger partial charge in [0.15, 0.2) is 5.16 Å². The molecular formula is C22H24N4O4S2. The van der Waals surface area contributed by atoms with E-state index in [1.165, 1.54) is 30.0 Å². The Morgan fingerprint density at radius 3 is 2.62 bits per heavy atom. The first-order valence-electron chi connectivity index (χ1n) is 10.4. The van der Waals surface area contributed by atoms with Crippen LogP contribution in [0.5, 0.6) is 0 Å². The van der Waals surface area contributed by atoms with Crippen LogP contribution in [0, 0.1) is 0 Å². The van der Waals surface area contributed by atoms with Gasteiger partial charge >= 0.3 is 0 Å². The fraction of sp³-hybridized carbons (Fsp3) is 0.318. The predicted octanol–water partition coefficient (Wildman–Crippen LogP) is 3.28. The number of thioether (sulfide) groups is 1. The molecule has 1 heterocycles. The first-order chi connectivity index (χ1) is 15.3. The number of primary sulfonamides is 1. The molecule has 3 N–H and O–H groups in total. The van der Waals surface area contributed by atoms with E-state index in [0.717, 1.165) is 32.1 Å². The highest BCUT2D eigenvalue weighted by Crippen LogP contribution is 2.31. The van der Waals surface area contributed by atoms with Crippen LogP contribution in [0.3, 0.4) is 0 Å². The Labute approximate surface area is 190 Å². The maximum atomic E-state index is 13.3.